The van der Waals surface area contributed by atoms with Crippen LogP contribution in [0.2, 0.25) is 0 Å². The van der Waals surface area contributed by atoms with Crippen molar-refractivity contribution in [3.8, 4) is 0 Å². The first-order valence-corrected chi connectivity index (χ1v) is 8.34. The van der Waals surface area contributed by atoms with Crippen LogP contribution in [0.15, 0.2) is 41.9 Å². The van der Waals surface area contributed by atoms with Gasteiger partial charge in [0.25, 0.3) is 0 Å². The lowest BCUT2D eigenvalue weighted by Crippen LogP contribution is -2.32. The second-order valence-corrected chi connectivity index (χ2v) is 6.54. The van der Waals surface area contributed by atoms with Gasteiger partial charge in [-0.05, 0) is 31.0 Å². The summed E-state index contributed by atoms with van der Waals surface area (Å²) in [5, 5.41) is 3.23. The van der Waals surface area contributed by atoms with Gasteiger partial charge in [0, 0.05) is 6.54 Å². The van der Waals surface area contributed by atoms with Crippen LogP contribution >= 0.6 is 11.8 Å². The van der Waals surface area contributed by atoms with Crippen LogP contribution in [0.4, 0.5) is 4.39 Å². The molecule has 0 bridgehead atoms. The highest BCUT2D eigenvalue weighted by Crippen LogP contribution is 2.25. The van der Waals surface area contributed by atoms with Gasteiger partial charge in [-0.3, -0.25) is 4.79 Å². The third kappa shape index (κ3) is 3.88. The number of hydrogen-bond acceptors (Lipinski definition) is 5. The molecule has 0 aliphatic carbocycles. The lowest BCUT2D eigenvalue weighted by molar-refractivity contribution is -0.120. The average molecular weight is 345 g/mol. The number of fused-ring (bicyclic) bond motifs is 1. The minimum absolute atomic E-state index is 0.0947. The van der Waals surface area contributed by atoms with Crippen LogP contribution in [0, 0.1) is 5.82 Å². The molecule has 0 spiro atoms. The number of thioether (sulfide) groups is 1. The van der Waals surface area contributed by atoms with Gasteiger partial charge in [0.1, 0.15) is 22.7 Å². The van der Waals surface area contributed by atoms with Crippen molar-refractivity contribution in [2.24, 2.45) is 0 Å². The monoisotopic (exact) mass is 345 g/mol. The van der Waals surface area contributed by atoms with E-state index in [1.54, 1.807) is 12.4 Å². The predicted molar refractivity (Wildman–Crippen MR) is 90.1 cm³/mol. The van der Waals surface area contributed by atoms with Crippen molar-refractivity contribution in [2.45, 2.75) is 23.6 Å². The van der Waals surface area contributed by atoms with Crippen molar-refractivity contribution in [1.82, 2.24) is 25.3 Å². The fourth-order valence-electron chi connectivity index (χ4n) is 2.22. The Bertz CT molecular complexity index is 853. The van der Waals surface area contributed by atoms with Crippen molar-refractivity contribution in [3.05, 3.63) is 48.3 Å². The summed E-state index contributed by atoms with van der Waals surface area (Å²) in [7, 11) is 0. The first kappa shape index (κ1) is 16.4. The van der Waals surface area contributed by atoms with E-state index in [-0.39, 0.29) is 17.0 Å². The maximum Gasteiger partial charge on any atom is 0.233 e. The summed E-state index contributed by atoms with van der Waals surface area (Å²) < 4.78 is 13.1. The molecule has 2 N–H and O–H groups in total. The average Bonchev–Trinajstić information content (AvgIpc) is 3.04. The lowest BCUT2D eigenvalue weighted by atomic mass is 10.1. The maximum atomic E-state index is 13.1. The number of nitrogens with one attached hydrogen (secondary N) is 2. The Labute approximate surface area is 142 Å². The summed E-state index contributed by atoms with van der Waals surface area (Å²) >= 11 is 1.34. The largest absolute Gasteiger partial charge is 0.355 e. The Morgan fingerprint density at radius 2 is 2.25 bits per heavy atom. The molecule has 1 atom stereocenters. The minimum atomic E-state index is -0.320. The van der Waals surface area contributed by atoms with E-state index in [1.165, 1.54) is 30.2 Å². The van der Waals surface area contributed by atoms with Crippen molar-refractivity contribution in [3.63, 3.8) is 0 Å². The number of H-pyrrole nitrogens is 1. The number of aromatic amines is 1. The van der Waals surface area contributed by atoms with Gasteiger partial charge in [-0.25, -0.2) is 19.3 Å². The van der Waals surface area contributed by atoms with Crippen LogP contribution < -0.4 is 5.32 Å². The molecule has 1 aromatic carbocycles. The van der Waals surface area contributed by atoms with Crippen molar-refractivity contribution < 1.29 is 9.18 Å². The molecule has 2 aromatic heterocycles. The number of carbonyl (C=O) groups excluding carboxylic acids is 1. The number of benzene rings is 1. The number of amides is 1. The molecule has 124 valence electrons. The van der Waals surface area contributed by atoms with E-state index in [4.69, 9.17) is 0 Å². The molecule has 0 fully saturated rings. The summed E-state index contributed by atoms with van der Waals surface area (Å²) in [5.41, 5.74) is 2.15. The van der Waals surface area contributed by atoms with Crippen molar-refractivity contribution >= 4 is 28.8 Å². The fourth-order valence-corrected chi connectivity index (χ4v) is 3.12. The number of hydrogen-bond donors (Lipinski definition) is 2. The molecule has 3 rings (SSSR count). The highest BCUT2D eigenvalue weighted by Gasteiger charge is 2.17. The van der Waals surface area contributed by atoms with Crippen LogP contribution in [0.25, 0.3) is 11.2 Å². The molecule has 24 heavy (non-hydrogen) atoms. The van der Waals surface area contributed by atoms with Gasteiger partial charge >= 0.3 is 0 Å². The van der Waals surface area contributed by atoms with Gasteiger partial charge in [-0.15, -0.1) is 0 Å². The number of imidazole rings is 1. The minimum Gasteiger partial charge on any atom is -0.355 e. The molecular weight excluding hydrogens is 329 g/mol. The second-order valence-electron chi connectivity index (χ2n) is 5.21. The molecule has 2 heterocycles. The number of aromatic nitrogens is 4. The highest BCUT2D eigenvalue weighted by molar-refractivity contribution is 8.00. The molecular formula is C16H16FN5OS. The smallest absolute Gasteiger partial charge is 0.233 e. The van der Waals surface area contributed by atoms with Crippen LogP contribution in [-0.4, -0.2) is 37.6 Å². The van der Waals surface area contributed by atoms with Crippen LogP contribution in [0.3, 0.4) is 0 Å². The van der Waals surface area contributed by atoms with Crippen molar-refractivity contribution in [2.75, 3.05) is 6.54 Å². The van der Waals surface area contributed by atoms with E-state index in [0.717, 1.165) is 11.1 Å². The molecule has 1 amide bonds. The zero-order valence-corrected chi connectivity index (χ0v) is 13.8. The first-order valence-electron chi connectivity index (χ1n) is 7.46. The molecule has 0 aliphatic heterocycles. The molecule has 8 heteroatoms. The Kier molecular flexibility index (Phi) is 5.05. The number of carbonyl (C=O) groups is 1. The van der Waals surface area contributed by atoms with E-state index in [0.29, 0.717) is 23.6 Å². The normalized spacial score (nSPS) is 12.2. The third-order valence-electron chi connectivity index (χ3n) is 3.45. The van der Waals surface area contributed by atoms with Crippen molar-refractivity contribution in [1.29, 1.82) is 0 Å². The van der Waals surface area contributed by atoms with Gasteiger partial charge < -0.3 is 10.3 Å². The Morgan fingerprint density at radius 1 is 1.38 bits per heavy atom. The van der Waals surface area contributed by atoms with Gasteiger partial charge in [-0.1, -0.05) is 23.9 Å². The molecule has 0 aliphatic rings. The molecule has 0 unspecified atom stereocenters. The van der Waals surface area contributed by atoms with Gasteiger partial charge in [-0.2, -0.15) is 0 Å². The third-order valence-corrected chi connectivity index (χ3v) is 4.55. The summed E-state index contributed by atoms with van der Waals surface area (Å²) in [6.45, 7) is 2.27. The van der Waals surface area contributed by atoms with Gasteiger partial charge in [0.15, 0.2) is 5.65 Å². The van der Waals surface area contributed by atoms with E-state index in [9.17, 15) is 9.18 Å². The Hall–Kier alpha value is -2.48. The first-order chi connectivity index (χ1) is 11.6. The summed E-state index contributed by atoms with van der Waals surface area (Å²) in [6.07, 6.45) is 3.56. The zero-order chi connectivity index (χ0) is 16.9. The number of nitrogens with zero attached hydrogens (tertiary/aromatic N) is 3. The van der Waals surface area contributed by atoms with E-state index >= 15 is 0 Å². The van der Waals surface area contributed by atoms with Crippen LogP contribution in [0.1, 0.15) is 12.5 Å². The topological polar surface area (TPSA) is 83.6 Å². The Balaban J connectivity index is 1.54. The van der Waals surface area contributed by atoms with E-state index < -0.39 is 0 Å². The van der Waals surface area contributed by atoms with Gasteiger partial charge in [0.05, 0.1) is 11.6 Å². The standard InChI is InChI=1S/C16H16FN5OS/c1-10(24-16-13-14(20-8-19-13)21-9-22-16)15(23)18-6-5-11-3-2-4-12(17)7-11/h2-4,7-10H,5-6H2,1H3,(H,18,23)(H,19,20,21,22)/t10-/m0/s1. The quantitative estimate of drug-likeness (QED) is 0.529. The summed E-state index contributed by atoms with van der Waals surface area (Å²) in [6, 6.07) is 6.37. The second kappa shape index (κ2) is 7.39. The molecule has 6 nitrogen and oxygen atoms in total. The molecule has 0 radical (unpaired) electrons. The lowest BCUT2D eigenvalue weighted by Gasteiger charge is -2.11. The van der Waals surface area contributed by atoms with Crippen LogP contribution in [-0.2, 0) is 11.2 Å². The SMILES string of the molecule is C[C@H](Sc1ncnc2nc[nH]c12)C(=O)NCCc1cccc(F)c1. The zero-order valence-electron chi connectivity index (χ0n) is 13.0. The van der Waals surface area contributed by atoms with Crippen LogP contribution in [0.5, 0.6) is 0 Å². The fraction of sp³-hybridized carbons (Fsp3) is 0.250. The maximum absolute atomic E-state index is 13.1. The van der Waals surface area contributed by atoms with E-state index in [1.807, 2.05) is 13.0 Å². The summed E-state index contributed by atoms with van der Waals surface area (Å²) in [5.74, 6) is -0.363. The molecule has 0 saturated heterocycles. The number of rotatable bonds is 6. The molecule has 0 saturated carbocycles. The number of halogens is 1. The highest BCUT2D eigenvalue weighted by atomic mass is 32.2. The van der Waals surface area contributed by atoms with Gasteiger partial charge in [0.2, 0.25) is 5.91 Å². The Morgan fingerprint density at radius 3 is 3.08 bits per heavy atom. The summed E-state index contributed by atoms with van der Waals surface area (Å²) in [4.78, 5) is 27.5. The molecule has 3 aromatic rings. The van der Waals surface area contributed by atoms with E-state index in [2.05, 4.69) is 25.3 Å². The predicted octanol–water partition coefficient (Wildman–Crippen LogP) is 2.33.